The fourth-order valence-corrected chi connectivity index (χ4v) is 3.15. The van der Waals surface area contributed by atoms with Gasteiger partial charge in [-0.2, -0.15) is 0 Å². The van der Waals surface area contributed by atoms with Gasteiger partial charge in [0.2, 0.25) is 10.0 Å². The third kappa shape index (κ3) is 4.58. The van der Waals surface area contributed by atoms with Gasteiger partial charge in [0.25, 0.3) is 0 Å². The molecule has 0 spiro atoms. The Morgan fingerprint density at radius 3 is 2.10 bits per heavy atom. The molecule has 0 fully saturated rings. The number of sulfonamides is 1. The number of nitrogens with two attached hydrogens (primary N) is 1. The molecule has 0 heterocycles. The Morgan fingerprint density at radius 2 is 1.70 bits per heavy atom. The van der Waals surface area contributed by atoms with Gasteiger partial charge in [0.05, 0.1) is 4.90 Å². The molecule has 4 nitrogen and oxygen atoms in total. The van der Waals surface area contributed by atoms with Gasteiger partial charge in [-0.25, -0.2) is 13.6 Å². The van der Waals surface area contributed by atoms with Crippen molar-refractivity contribution in [3.63, 3.8) is 0 Å². The molecule has 0 saturated heterocycles. The molecule has 0 aromatic heterocycles. The molecule has 5 heteroatoms. The van der Waals surface area contributed by atoms with Crippen LogP contribution in [0.15, 0.2) is 29.2 Å². The largest absolute Gasteiger partial charge is 0.314 e. The first-order valence-electron chi connectivity index (χ1n) is 7.13. The monoisotopic (exact) mass is 298 g/mol. The summed E-state index contributed by atoms with van der Waals surface area (Å²) >= 11 is 0. The van der Waals surface area contributed by atoms with Crippen molar-refractivity contribution in [1.82, 2.24) is 5.32 Å². The zero-order chi connectivity index (χ0) is 15.3. The Kier molecular flexibility index (Phi) is 6.17. The van der Waals surface area contributed by atoms with Gasteiger partial charge in [-0.3, -0.25) is 0 Å². The van der Waals surface area contributed by atoms with Gasteiger partial charge in [-0.1, -0.05) is 32.9 Å². The van der Waals surface area contributed by atoms with Gasteiger partial charge < -0.3 is 5.32 Å². The Hall–Kier alpha value is -0.910. The lowest BCUT2D eigenvalue weighted by Crippen LogP contribution is -2.35. The quantitative estimate of drug-likeness (QED) is 0.812. The van der Waals surface area contributed by atoms with E-state index in [-0.39, 0.29) is 4.90 Å². The maximum atomic E-state index is 11.3. The number of nitrogens with one attached hydrogen (secondary N) is 1. The van der Waals surface area contributed by atoms with Crippen molar-refractivity contribution in [3.05, 3.63) is 29.8 Å². The van der Waals surface area contributed by atoms with Gasteiger partial charge in [-0.15, -0.1) is 0 Å². The normalized spacial score (nSPS) is 15.3. The van der Waals surface area contributed by atoms with Crippen LogP contribution in [0.25, 0.3) is 0 Å². The van der Waals surface area contributed by atoms with E-state index < -0.39 is 10.0 Å². The first-order chi connectivity index (χ1) is 9.27. The number of hydrogen-bond acceptors (Lipinski definition) is 3. The number of hydrogen-bond donors (Lipinski definition) is 2. The van der Waals surface area contributed by atoms with Crippen LogP contribution >= 0.6 is 0 Å². The van der Waals surface area contributed by atoms with Crippen molar-refractivity contribution < 1.29 is 8.42 Å². The summed E-state index contributed by atoms with van der Waals surface area (Å²) in [6, 6.07) is 7.26. The van der Waals surface area contributed by atoms with Gasteiger partial charge in [0.1, 0.15) is 0 Å². The van der Waals surface area contributed by atoms with Crippen LogP contribution in [0, 0.1) is 5.92 Å². The highest BCUT2D eigenvalue weighted by atomic mass is 32.2. The third-order valence-corrected chi connectivity index (χ3v) is 4.50. The van der Waals surface area contributed by atoms with Gasteiger partial charge >= 0.3 is 0 Å². The SMILES string of the molecule is CCCNC(C)C(c1ccc(S(N)(=O)=O)cc1)C(C)C. The second-order valence-corrected chi connectivity index (χ2v) is 7.19. The third-order valence-electron chi connectivity index (χ3n) is 3.57. The molecule has 2 unspecified atom stereocenters. The minimum atomic E-state index is -3.62. The van der Waals surface area contributed by atoms with E-state index in [1.807, 2.05) is 12.1 Å². The fourth-order valence-electron chi connectivity index (χ4n) is 2.63. The van der Waals surface area contributed by atoms with Gasteiger partial charge in [-0.05, 0) is 43.5 Å². The summed E-state index contributed by atoms with van der Waals surface area (Å²) < 4.78 is 22.6. The summed E-state index contributed by atoms with van der Waals surface area (Å²) in [6.45, 7) is 9.67. The number of benzene rings is 1. The standard InChI is InChI=1S/C15H26N2O2S/c1-5-10-17-12(4)15(11(2)3)13-6-8-14(9-7-13)20(16,18)19/h6-9,11-12,15,17H,5,10H2,1-4H3,(H2,16,18,19). The molecule has 0 saturated carbocycles. The summed E-state index contributed by atoms with van der Waals surface area (Å²) in [5.41, 5.74) is 1.14. The first kappa shape index (κ1) is 17.1. The molecule has 114 valence electrons. The van der Waals surface area contributed by atoms with Crippen LogP contribution in [-0.2, 0) is 10.0 Å². The van der Waals surface area contributed by atoms with Gasteiger partial charge in [0.15, 0.2) is 0 Å². The van der Waals surface area contributed by atoms with Crippen LogP contribution in [0.2, 0.25) is 0 Å². The lowest BCUT2D eigenvalue weighted by molar-refractivity contribution is 0.377. The van der Waals surface area contributed by atoms with Crippen molar-refractivity contribution in [2.24, 2.45) is 11.1 Å². The molecule has 0 bridgehead atoms. The van der Waals surface area contributed by atoms with E-state index in [9.17, 15) is 8.42 Å². The summed E-state index contributed by atoms with van der Waals surface area (Å²) in [7, 11) is -3.62. The van der Waals surface area contributed by atoms with E-state index in [4.69, 9.17) is 5.14 Å². The second kappa shape index (κ2) is 7.20. The lowest BCUT2D eigenvalue weighted by Gasteiger charge is -2.29. The lowest BCUT2D eigenvalue weighted by atomic mass is 9.83. The highest BCUT2D eigenvalue weighted by molar-refractivity contribution is 7.89. The predicted molar refractivity (Wildman–Crippen MR) is 83.1 cm³/mol. The summed E-state index contributed by atoms with van der Waals surface area (Å²) in [6.07, 6.45) is 1.10. The Morgan fingerprint density at radius 1 is 1.15 bits per heavy atom. The molecular weight excluding hydrogens is 272 g/mol. The molecule has 1 aromatic carbocycles. The molecule has 1 aromatic rings. The highest BCUT2D eigenvalue weighted by Gasteiger charge is 2.22. The molecule has 0 radical (unpaired) electrons. The number of rotatable bonds is 7. The topological polar surface area (TPSA) is 72.2 Å². The van der Waals surface area contributed by atoms with Crippen molar-refractivity contribution in [1.29, 1.82) is 0 Å². The number of primary sulfonamides is 1. The molecule has 1 rings (SSSR count). The van der Waals surface area contributed by atoms with E-state index in [0.717, 1.165) is 18.5 Å². The summed E-state index contributed by atoms with van der Waals surface area (Å²) in [5, 5.41) is 8.64. The van der Waals surface area contributed by atoms with Crippen molar-refractivity contribution in [3.8, 4) is 0 Å². The van der Waals surface area contributed by atoms with Crippen LogP contribution in [0.5, 0.6) is 0 Å². The maximum Gasteiger partial charge on any atom is 0.238 e. The first-order valence-corrected chi connectivity index (χ1v) is 8.68. The van der Waals surface area contributed by atoms with Crippen LogP contribution in [-0.4, -0.2) is 21.0 Å². The Labute approximate surface area is 122 Å². The van der Waals surface area contributed by atoms with E-state index >= 15 is 0 Å². The molecule has 20 heavy (non-hydrogen) atoms. The van der Waals surface area contributed by atoms with Crippen LogP contribution in [0.1, 0.15) is 45.6 Å². The van der Waals surface area contributed by atoms with Crippen molar-refractivity contribution in [2.45, 2.75) is 51.0 Å². The van der Waals surface area contributed by atoms with E-state index in [1.165, 1.54) is 0 Å². The minimum absolute atomic E-state index is 0.165. The predicted octanol–water partition coefficient (Wildman–Crippen LogP) is 2.46. The molecule has 3 N–H and O–H groups in total. The Balaban J connectivity index is 2.98. The molecule has 0 aliphatic rings. The molecule has 0 aliphatic heterocycles. The zero-order valence-electron chi connectivity index (χ0n) is 12.8. The summed E-state index contributed by atoms with van der Waals surface area (Å²) in [5.74, 6) is 0.811. The second-order valence-electron chi connectivity index (χ2n) is 5.63. The molecular formula is C15H26N2O2S. The van der Waals surface area contributed by atoms with E-state index in [1.54, 1.807) is 12.1 Å². The average molecular weight is 298 g/mol. The zero-order valence-corrected chi connectivity index (χ0v) is 13.6. The van der Waals surface area contributed by atoms with E-state index in [2.05, 4.69) is 33.0 Å². The van der Waals surface area contributed by atoms with Crippen LogP contribution in [0.4, 0.5) is 0 Å². The Bertz CT molecular complexity index is 509. The fraction of sp³-hybridized carbons (Fsp3) is 0.600. The maximum absolute atomic E-state index is 11.3. The van der Waals surface area contributed by atoms with Crippen molar-refractivity contribution in [2.75, 3.05) is 6.54 Å². The summed E-state index contributed by atoms with van der Waals surface area (Å²) in [4.78, 5) is 0.165. The van der Waals surface area contributed by atoms with Crippen LogP contribution in [0.3, 0.4) is 0 Å². The smallest absolute Gasteiger partial charge is 0.238 e. The minimum Gasteiger partial charge on any atom is -0.314 e. The van der Waals surface area contributed by atoms with Crippen molar-refractivity contribution >= 4 is 10.0 Å². The highest BCUT2D eigenvalue weighted by Crippen LogP contribution is 2.28. The van der Waals surface area contributed by atoms with E-state index in [0.29, 0.717) is 17.9 Å². The molecule has 0 amide bonds. The molecule has 0 aliphatic carbocycles. The van der Waals surface area contributed by atoms with Gasteiger partial charge in [0, 0.05) is 12.0 Å². The average Bonchev–Trinajstić information content (AvgIpc) is 2.35. The van der Waals surface area contributed by atoms with Crippen LogP contribution < -0.4 is 10.5 Å². The molecule has 2 atom stereocenters.